The van der Waals surface area contributed by atoms with E-state index in [2.05, 4.69) is 0 Å². The number of benzene rings is 1. The summed E-state index contributed by atoms with van der Waals surface area (Å²) in [7, 11) is 0. The van der Waals surface area contributed by atoms with Crippen molar-refractivity contribution in [1.29, 1.82) is 0 Å². The zero-order chi connectivity index (χ0) is 18.7. The first-order valence-electron chi connectivity index (χ1n) is 7.92. The summed E-state index contributed by atoms with van der Waals surface area (Å²) < 4.78 is 10.4. The second-order valence-electron chi connectivity index (χ2n) is 5.82. The Bertz CT molecular complexity index is 752. The number of anilines is 1. The summed E-state index contributed by atoms with van der Waals surface area (Å²) in [6, 6.07) is 4.56. The van der Waals surface area contributed by atoms with E-state index < -0.39 is 12.1 Å². The van der Waals surface area contributed by atoms with Gasteiger partial charge in [-0.2, -0.15) is 0 Å². The van der Waals surface area contributed by atoms with Gasteiger partial charge in [-0.3, -0.25) is 9.59 Å². The molecule has 134 valence electrons. The van der Waals surface area contributed by atoms with Gasteiger partial charge in [-0.1, -0.05) is 17.2 Å². The van der Waals surface area contributed by atoms with Crippen LogP contribution in [-0.4, -0.2) is 30.5 Å². The lowest BCUT2D eigenvalue weighted by molar-refractivity contribution is -0.150. The van der Waals surface area contributed by atoms with E-state index in [1.165, 1.54) is 19.1 Å². The molecule has 7 heteroatoms. The molecule has 1 heterocycles. The zero-order valence-corrected chi connectivity index (χ0v) is 15.3. The highest BCUT2D eigenvalue weighted by molar-refractivity contribution is 6.32. The average molecular weight is 366 g/mol. The van der Waals surface area contributed by atoms with Gasteiger partial charge in [0.1, 0.15) is 5.75 Å². The standard InChI is InChI=1S/C18H20ClNO5/c1-5-24-18(23)11(4)25-15-8-12(6-7-14(15)19)20-16(21)9-13(10(2)3)17(20)22/h6-8,11H,5,9H2,1-4H3. The van der Waals surface area contributed by atoms with Crippen LogP contribution < -0.4 is 9.64 Å². The minimum absolute atomic E-state index is 0.0687. The van der Waals surface area contributed by atoms with Crippen LogP contribution >= 0.6 is 11.6 Å². The fourth-order valence-corrected chi connectivity index (χ4v) is 2.59. The molecule has 0 bridgehead atoms. The highest BCUT2D eigenvalue weighted by Crippen LogP contribution is 2.34. The number of hydrogen-bond acceptors (Lipinski definition) is 5. The molecule has 0 spiro atoms. The predicted molar refractivity (Wildman–Crippen MR) is 93.7 cm³/mol. The summed E-state index contributed by atoms with van der Waals surface area (Å²) in [5.74, 6) is -0.986. The van der Waals surface area contributed by atoms with Crippen molar-refractivity contribution in [2.24, 2.45) is 0 Å². The number of rotatable bonds is 5. The Morgan fingerprint density at radius 2 is 2.00 bits per heavy atom. The van der Waals surface area contributed by atoms with Gasteiger partial charge in [0.2, 0.25) is 5.91 Å². The van der Waals surface area contributed by atoms with Crippen molar-refractivity contribution >= 4 is 35.1 Å². The molecule has 1 aliphatic rings. The van der Waals surface area contributed by atoms with E-state index in [1.54, 1.807) is 26.8 Å². The summed E-state index contributed by atoms with van der Waals surface area (Å²) in [5.41, 5.74) is 1.64. The number of amides is 2. The normalized spacial score (nSPS) is 15.4. The van der Waals surface area contributed by atoms with Gasteiger partial charge >= 0.3 is 5.97 Å². The molecule has 0 radical (unpaired) electrons. The van der Waals surface area contributed by atoms with Crippen LogP contribution in [0.4, 0.5) is 5.69 Å². The summed E-state index contributed by atoms with van der Waals surface area (Å²) in [6.07, 6.45) is -0.801. The number of ether oxygens (including phenoxy) is 2. The van der Waals surface area contributed by atoms with Crippen molar-refractivity contribution in [1.82, 2.24) is 0 Å². The fourth-order valence-electron chi connectivity index (χ4n) is 2.43. The Labute approximate surface area is 151 Å². The molecular formula is C18H20ClNO5. The quantitative estimate of drug-likeness (QED) is 0.455. The van der Waals surface area contributed by atoms with Crippen molar-refractivity contribution in [2.75, 3.05) is 11.5 Å². The highest BCUT2D eigenvalue weighted by Gasteiger charge is 2.36. The molecule has 1 atom stereocenters. The number of imide groups is 1. The topological polar surface area (TPSA) is 72.9 Å². The largest absolute Gasteiger partial charge is 0.477 e. The second-order valence-corrected chi connectivity index (χ2v) is 6.22. The minimum atomic E-state index is -0.869. The number of esters is 1. The lowest BCUT2D eigenvalue weighted by atomic mass is 10.1. The van der Waals surface area contributed by atoms with Crippen molar-refractivity contribution in [3.8, 4) is 5.75 Å². The monoisotopic (exact) mass is 365 g/mol. The Kier molecular flexibility index (Phi) is 5.85. The number of carbonyl (C=O) groups is 3. The smallest absolute Gasteiger partial charge is 0.347 e. The molecule has 1 aromatic rings. The number of nitrogens with zero attached hydrogens (tertiary/aromatic N) is 1. The molecule has 1 unspecified atom stereocenters. The molecule has 0 N–H and O–H groups in total. The third kappa shape index (κ3) is 4.02. The molecule has 0 aliphatic carbocycles. The van der Waals surface area contributed by atoms with Gasteiger partial charge in [-0.25, -0.2) is 9.69 Å². The molecule has 1 saturated heterocycles. The Morgan fingerprint density at radius 3 is 2.56 bits per heavy atom. The molecule has 1 fully saturated rings. The Morgan fingerprint density at radius 1 is 1.32 bits per heavy atom. The predicted octanol–water partition coefficient (Wildman–Crippen LogP) is 3.27. The van der Waals surface area contributed by atoms with Crippen LogP contribution in [0.3, 0.4) is 0 Å². The number of carbonyl (C=O) groups excluding carboxylic acids is 3. The van der Waals surface area contributed by atoms with E-state index in [-0.39, 0.29) is 35.6 Å². The summed E-state index contributed by atoms with van der Waals surface area (Å²) in [6.45, 7) is 7.06. The van der Waals surface area contributed by atoms with E-state index in [9.17, 15) is 14.4 Å². The molecule has 2 rings (SSSR count). The van der Waals surface area contributed by atoms with Crippen LogP contribution in [0.25, 0.3) is 0 Å². The van der Waals surface area contributed by atoms with Crippen LogP contribution in [-0.2, 0) is 19.1 Å². The molecule has 2 amide bonds. The molecule has 6 nitrogen and oxygen atoms in total. The Balaban J connectivity index is 2.30. The van der Waals surface area contributed by atoms with Crippen LogP contribution in [0.15, 0.2) is 29.3 Å². The Hall–Kier alpha value is -2.34. The SMILES string of the molecule is CCOC(=O)C(C)Oc1cc(N2C(=O)CC(=C(C)C)C2=O)ccc1Cl. The van der Waals surface area contributed by atoms with E-state index in [1.807, 2.05) is 0 Å². The summed E-state index contributed by atoms with van der Waals surface area (Å²) in [5, 5.41) is 0.265. The van der Waals surface area contributed by atoms with Crippen molar-refractivity contribution in [2.45, 2.75) is 40.2 Å². The third-order valence-electron chi connectivity index (χ3n) is 3.74. The van der Waals surface area contributed by atoms with E-state index in [4.69, 9.17) is 21.1 Å². The van der Waals surface area contributed by atoms with Crippen LogP contribution in [0.2, 0.25) is 5.02 Å². The maximum Gasteiger partial charge on any atom is 0.347 e. The first-order chi connectivity index (χ1) is 11.8. The van der Waals surface area contributed by atoms with E-state index in [0.29, 0.717) is 11.3 Å². The number of hydrogen-bond donors (Lipinski definition) is 0. The first kappa shape index (κ1) is 19.0. The number of halogens is 1. The molecule has 25 heavy (non-hydrogen) atoms. The van der Waals surface area contributed by atoms with Crippen LogP contribution in [0, 0.1) is 0 Å². The number of allylic oxidation sites excluding steroid dienone is 1. The average Bonchev–Trinajstić information content (AvgIpc) is 2.85. The van der Waals surface area contributed by atoms with Gasteiger partial charge < -0.3 is 9.47 Å². The van der Waals surface area contributed by atoms with Crippen LogP contribution in [0.5, 0.6) is 5.75 Å². The molecule has 1 aliphatic heterocycles. The molecular weight excluding hydrogens is 346 g/mol. The molecule has 1 aromatic carbocycles. The van der Waals surface area contributed by atoms with Crippen LogP contribution in [0.1, 0.15) is 34.1 Å². The lowest BCUT2D eigenvalue weighted by Crippen LogP contribution is -2.29. The highest BCUT2D eigenvalue weighted by atomic mass is 35.5. The first-order valence-corrected chi connectivity index (χ1v) is 8.30. The van der Waals surface area contributed by atoms with Crippen molar-refractivity contribution in [3.63, 3.8) is 0 Å². The summed E-state index contributed by atoms with van der Waals surface area (Å²) >= 11 is 6.11. The van der Waals surface area contributed by atoms with Gasteiger partial charge in [-0.05, 0) is 39.8 Å². The summed E-state index contributed by atoms with van der Waals surface area (Å²) in [4.78, 5) is 37.5. The lowest BCUT2D eigenvalue weighted by Gasteiger charge is -2.18. The zero-order valence-electron chi connectivity index (χ0n) is 14.6. The van der Waals surface area contributed by atoms with Gasteiger partial charge in [0.25, 0.3) is 5.91 Å². The maximum absolute atomic E-state index is 12.5. The maximum atomic E-state index is 12.5. The van der Waals surface area contributed by atoms with Gasteiger partial charge in [0.15, 0.2) is 6.10 Å². The molecule has 0 aromatic heterocycles. The van der Waals surface area contributed by atoms with Gasteiger partial charge in [-0.15, -0.1) is 0 Å². The second kappa shape index (κ2) is 7.70. The molecule has 0 saturated carbocycles. The van der Waals surface area contributed by atoms with E-state index in [0.717, 1.165) is 10.5 Å². The van der Waals surface area contributed by atoms with E-state index >= 15 is 0 Å². The van der Waals surface area contributed by atoms with Crippen molar-refractivity contribution in [3.05, 3.63) is 34.4 Å². The van der Waals surface area contributed by atoms with Gasteiger partial charge in [0.05, 0.1) is 23.7 Å². The third-order valence-corrected chi connectivity index (χ3v) is 4.05. The van der Waals surface area contributed by atoms with Crippen molar-refractivity contribution < 1.29 is 23.9 Å². The van der Waals surface area contributed by atoms with Gasteiger partial charge in [0, 0.05) is 11.6 Å². The fraction of sp³-hybridized carbons (Fsp3) is 0.389. The minimum Gasteiger partial charge on any atom is -0.477 e.